The monoisotopic (exact) mass is 257 g/mol. The molecule has 0 aliphatic carbocycles. The summed E-state index contributed by atoms with van der Waals surface area (Å²) in [5.74, 6) is 0.232. The molecule has 0 unspecified atom stereocenters. The lowest BCUT2D eigenvalue weighted by Gasteiger charge is -2.08. The molecule has 0 atom stereocenters. The average molecular weight is 257 g/mol. The second-order valence-electron chi connectivity index (χ2n) is 3.88. The van der Waals surface area contributed by atoms with Crippen molar-refractivity contribution < 1.29 is 14.3 Å². The van der Waals surface area contributed by atoms with Gasteiger partial charge in [-0.3, -0.25) is 0 Å². The van der Waals surface area contributed by atoms with Gasteiger partial charge in [0.05, 0.1) is 7.11 Å². The molecule has 0 aliphatic rings. The predicted molar refractivity (Wildman–Crippen MR) is 73.7 cm³/mol. The Labute approximate surface area is 112 Å². The van der Waals surface area contributed by atoms with Crippen LogP contribution in [0.15, 0.2) is 54.6 Å². The van der Waals surface area contributed by atoms with Gasteiger partial charge in [-0.15, -0.1) is 0 Å². The predicted octanol–water partition coefficient (Wildman–Crippen LogP) is 2.98. The normalized spacial score (nSPS) is 9.74. The molecule has 0 saturated heterocycles. The molecular weight excluding hydrogens is 242 g/mol. The number of benzene rings is 2. The molecule has 0 fully saturated rings. The van der Waals surface area contributed by atoms with Crippen molar-refractivity contribution in [2.24, 2.45) is 0 Å². The highest BCUT2D eigenvalue weighted by molar-refractivity contribution is 5.71. The summed E-state index contributed by atoms with van der Waals surface area (Å²) in [6, 6.07) is 17.3. The van der Waals surface area contributed by atoms with Crippen molar-refractivity contribution in [2.45, 2.75) is 0 Å². The van der Waals surface area contributed by atoms with E-state index in [1.54, 1.807) is 12.1 Å². The van der Waals surface area contributed by atoms with Crippen molar-refractivity contribution in [3.05, 3.63) is 54.6 Å². The van der Waals surface area contributed by atoms with Gasteiger partial charge in [0.25, 0.3) is 0 Å². The van der Waals surface area contributed by atoms with Gasteiger partial charge in [-0.1, -0.05) is 18.2 Å². The number of ether oxygens (including phenoxy) is 2. The number of para-hydroxylation sites is 1. The minimum atomic E-state index is -0.397. The zero-order valence-electron chi connectivity index (χ0n) is 10.6. The summed E-state index contributed by atoms with van der Waals surface area (Å²) in [5, 5.41) is 3.26. The van der Waals surface area contributed by atoms with E-state index in [4.69, 9.17) is 4.74 Å². The Morgan fingerprint density at radius 3 is 2.26 bits per heavy atom. The molecule has 0 saturated carbocycles. The van der Waals surface area contributed by atoms with Crippen LogP contribution in [-0.2, 0) is 9.53 Å². The fraction of sp³-hybridized carbons (Fsp3) is 0.133. The van der Waals surface area contributed by atoms with Crippen LogP contribution in [-0.4, -0.2) is 19.7 Å². The van der Waals surface area contributed by atoms with Gasteiger partial charge in [0.1, 0.15) is 5.75 Å². The van der Waals surface area contributed by atoms with E-state index in [1.165, 1.54) is 7.11 Å². The Hall–Kier alpha value is -2.49. The SMILES string of the molecule is COC(=O)COc1ccc(Nc2ccccc2)cc1. The fourth-order valence-corrected chi connectivity index (χ4v) is 1.52. The van der Waals surface area contributed by atoms with Crippen LogP contribution in [0.4, 0.5) is 11.4 Å². The van der Waals surface area contributed by atoms with Crippen LogP contribution in [0, 0.1) is 0 Å². The summed E-state index contributed by atoms with van der Waals surface area (Å²) in [6.07, 6.45) is 0. The minimum Gasteiger partial charge on any atom is -0.482 e. The zero-order valence-corrected chi connectivity index (χ0v) is 10.6. The molecule has 0 aliphatic heterocycles. The maximum atomic E-state index is 10.9. The summed E-state index contributed by atoms with van der Waals surface area (Å²) in [5.41, 5.74) is 1.97. The Morgan fingerprint density at radius 1 is 1.00 bits per heavy atom. The number of rotatable bonds is 5. The molecule has 1 N–H and O–H groups in total. The largest absolute Gasteiger partial charge is 0.482 e. The molecule has 4 nitrogen and oxygen atoms in total. The van der Waals surface area contributed by atoms with Crippen LogP contribution in [0.3, 0.4) is 0 Å². The summed E-state index contributed by atoms with van der Waals surface area (Å²) >= 11 is 0. The van der Waals surface area contributed by atoms with Crippen LogP contribution < -0.4 is 10.1 Å². The standard InChI is InChI=1S/C15H15NO3/c1-18-15(17)11-19-14-9-7-13(8-10-14)16-12-5-3-2-4-6-12/h2-10,16H,11H2,1H3. The highest BCUT2D eigenvalue weighted by Gasteiger charge is 2.01. The third-order valence-electron chi connectivity index (χ3n) is 2.50. The quantitative estimate of drug-likeness (QED) is 0.836. The van der Waals surface area contributed by atoms with Gasteiger partial charge in [0.2, 0.25) is 0 Å². The first-order valence-electron chi connectivity index (χ1n) is 5.89. The van der Waals surface area contributed by atoms with Crippen LogP contribution in [0.25, 0.3) is 0 Å². The van der Waals surface area contributed by atoms with E-state index in [0.29, 0.717) is 5.75 Å². The molecule has 2 aromatic carbocycles. The first-order chi connectivity index (χ1) is 9.28. The van der Waals surface area contributed by atoms with E-state index in [1.807, 2.05) is 42.5 Å². The average Bonchev–Trinajstić information content (AvgIpc) is 2.47. The first-order valence-corrected chi connectivity index (χ1v) is 5.89. The van der Waals surface area contributed by atoms with Gasteiger partial charge in [-0.25, -0.2) is 4.79 Å². The molecule has 0 bridgehead atoms. The molecule has 0 amide bonds. The van der Waals surface area contributed by atoms with Crippen molar-refractivity contribution in [2.75, 3.05) is 19.0 Å². The van der Waals surface area contributed by atoms with Gasteiger partial charge >= 0.3 is 5.97 Å². The van der Waals surface area contributed by atoms with E-state index in [9.17, 15) is 4.79 Å². The molecule has 0 spiro atoms. The van der Waals surface area contributed by atoms with E-state index in [-0.39, 0.29) is 6.61 Å². The van der Waals surface area contributed by atoms with Gasteiger partial charge < -0.3 is 14.8 Å². The number of anilines is 2. The number of nitrogens with one attached hydrogen (secondary N) is 1. The van der Waals surface area contributed by atoms with Crippen molar-refractivity contribution >= 4 is 17.3 Å². The molecular formula is C15H15NO3. The fourth-order valence-electron chi connectivity index (χ4n) is 1.52. The Morgan fingerprint density at radius 2 is 1.63 bits per heavy atom. The molecule has 98 valence electrons. The summed E-state index contributed by atoms with van der Waals surface area (Å²) in [6.45, 7) is -0.0814. The lowest BCUT2D eigenvalue weighted by molar-refractivity contribution is -0.142. The van der Waals surface area contributed by atoms with Gasteiger partial charge in [-0.05, 0) is 36.4 Å². The smallest absolute Gasteiger partial charge is 0.343 e. The first kappa shape index (κ1) is 13.0. The van der Waals surface area contributed by atoms with Crippen LogP contribution >= 0.6 is 0 Å². The zero-order chi connectivity index (χ0) is 13.5. The third kappa shape index (κ3) is 4.03. The highest BCUT2D eigenvalue weighted by atomic mass is 16.6. The van der Waals surface area contributed by atoms with Crippen molar-refractivity contribution in [1.29, 1.82) is 0 Å². The summed E-state index contributed by atoms with van der Waals surface area (Å²) in [4.78, 5) is 10.9. The third-order valence-corrected chi connectivity index (χ3v) is 2.50. The molecule has 19 heavy (non-hydrogen) atoms. The minimum absolute atomic E-state index is 0.0814. The number of hydrogen-bond donors (Lipinski definition) is 1. The Balaban J connectivity index is 1.93. The van der Waals surface area contributed by atoms with Crippen LogP contribution in [0.5, 0.6) is 5.75 Å². The van der Waals surface area contributed by atoms with Crippen molar-refractivity contribution in [3.8, 4) is 5.75 Å². The molecule has 0 heterocycles. The van der Waals surface area contributed by atoms with Gasteiger partial charge in [0.15, 0.2) is 6.61 Å². The molecule has 0 radical (unpaired) electrons. The lowest BCUT2D eigenvalue weighted by Crippen LogP contribution is -2.12. The topological polar surface area (TPSA) is 47.6 Å². The maximum Gasteiger partial charge on any atom is 0.343 e. The maximum absolute atomic E-state index is 10.9. The molecule has 4 heteroatoms. The summed E-state index contributed by atoms with van der Waals surface area (Å²) in [7, 11) is 1.33. The van der Waals surface area contributed by atoms with E-state index in [0.717, 1.165) is 11.4 Å². The van der Waals surface area contributed by atoms with Crippen molar-refractivity contribution in [3.63, 3.8) is 0 Å². The highest BCUT2D eigenvalue weighted by Crippen LogP contribution is 2.19. The number of hydrogen-bond acceptors (Lipinski definition) is 4. The number of esters is 1. The second kappa shape index (κ2) is 6.44. The van der Waals surface area contributed by atoms with Crippen LogP contribution in [0.1, 0.15) is 0 Å². The number of carbonyl (C=O) groups excluding carboxylic acids is 1. The van der Waals surface area contributed by atoms with Gasteiger partial charge in [-0.2, -0.15) is 0 Å². The summed E-state index contributed by atoms with van der Waals surface area (Å²) < 4.78 is 9.76. The van der Waals surface area contributed by atoms with Gasteiger partial charge in [0, 0.05) is 11.4 Å². The number of carbonyl (C=O) groups is 1. The Kier molecular flexibility index (Phi) is 4.39. The second-order valence-corrected chi connectivity index (χ2v) is 3.88. The molecule has 0 aromatic heterocycles. The lowest BCUT2D eigenvalue weighted by atomic mass is 10.2. The van der Waals surface area contributed by atoms with Crippen molar-refractivity contribution in [1.82, 2.24) is 0 Å². The van der Waals surface area contributed by atoms with E-state index >= 15 is 0 Å². The Bertz CT molecular complexity index is 523. The number of methoxy groups -OCH3 is 1. The van der Waals surface area contributed by atoms with E-state index in [2.05, 4.69) is 10.1 Å². The molecule has 2 aromatic rings. The molecule has 2 rings (SSSR count). The van der Waals surface area contributed by atoms with E-state index < -0.39 is 5.97 Å². The van der Waals surface area contributed by atoms with Crippen LogP contribution in [0.2, 0.25) is 0 Å².